The molecule has 1 atom stereocenters. The number of imidazole rings is 1. The maximum atomic E-state index is 4.73. The van der Waals surface area contributed by atoms with Crippen molar-refractivity contribution in [2.45, 2.75) is 58.9 Å². The van der Waals surface area contributed by atoms with Gasteiger partial charge in [0.05, 0.1) is 5.69 Å². The molecule has 0 saturated carbocycles. The minimum absolute atomic E-state index is 0.801. The van der Waals surface area contributed by atoms with Crippen LogP contribution in [-0.4, -0.2) is 14.9 Å². The standard InChI is InChI=1S/C14H23BrN2/c1-11(7-9-15)8-10-17-12(2)16-13-5-3-4-6-14(13)17/h11H,3-10H2,1-2H3. The van der Waals surface area contributed by atoms with Crippen molar-refractivity contribution in [1.82, 2.24) is 9.55 Å². The van der Waals surface area contributed by atoms with Gasteiger partial charge in [-0.2, -0.15) is 0 Å². The number of aromatic nitrogens is 2. The Kier molecular flexibility index (Phi) is 4.66. The average Bonchev–Trinajstić information content (AvgIpc) is 2.62. The molecule has 0 N–H and O–H groups in total. The largest absolute Gasteiger partial charge is 0.332 e. The Hall–Kier alpha value is -0.310. The molecule has 2 rings (SSSR count). The lowest BCUT2D eigenvalue weighted by molar-refractivity contribution is 0.458. The lowest BCUT2D eigenvalue weighted by Crippen LogP contribution is -2.11. The van der Waals surface area contributed by atoms with Crippen LogP contribution < -0.4 is 0 Å². The van der Waals surface area contributed by atoms with Crippen molar-refractivity contribution >= 4 is 15.9 Å². The van der Waals surface area contributed by atoms with Gasteiger partial charge in [0.25, 0.3) is 0 Å². The molecule has 0 spiro atoms. The third-order valence-corrected chi connectivity index (χ3v) is 4.33. The Morgan fingerprint density at radius 2 is 2.06 bits per heavy atom. The number of fused-ring (bicyclic) bond motifs is 1. The maximum absolute atomic E-state index is 4.73. The molecule has 0 amide bonds. The second kappa shape index (κ2) is 6.03. The summed E-state index contributed by atoms with van der Waals surface area (Å²) in [7, 11) is 0. The number of nitrogens with zero attached hydrogens (tertiary/aromatic N) is 2. The van der Waals surface area contributed by atoms with Crippen molar-refractivity contribution < 1.29 is 0 Å². The van der Waals surface area contributed by atoms with Crippen LogP contribution >= 0.6 is 15.9 Å². The first-order valence-corrected chi connectivity index (χ1v) is 7.95. The van der Waals surface area contributed by atoms with E-state index in [-0.39, 0.29) is 0 Å². The van der Waals surface area contributed by atoms with Crippen LogP contribution in [0.25, 0.3) is 0 Å². The fourth-order valence-corrected chi connectivity index (χ4v) is 3.49. The summed E-state index contributed by atoms with van der Waals surface area (Å²) < 4.78 is 2.47. The SMILES string of the molecule is Cc1nc2c(n1CCC(C)CCBr)CCCC2. The van der Waals surface area contributed by atoms with E-state index in [1.807, 2.05) is 0 Å². The molecule has 2 nitrogen and oxygen atoms in total. The van der Waals surface area contributed by atoms with Crippen molar-refractivity contribution in [3.63, 3.8) is 0 Å². The van der Waals surface area contributed by atoms with Crippen LogP contribution in [0, 0.1) is 12.8 Å². The fraction of sp³-hybridized carbons (Fsp3) is 0.786. The van der Waals surface area contributed by atoms with E-state index in [0.717, 1.165) is 17.8 Å². The second-order valence-electron chi connectivity index (χ2n) is 5.28. The van der Waals surface area contributed by atoms with E-state index in [1.54, 1.807) is 0 Å². The van der Waals surface area contributed by atoms with Gasteiger partial charge in [0.2, 0.25) is 0 Å². The normalized spacial score (nSPS) is 16.9. The highest BCUT2D eigenvalue weighted by atomic mass is 79.9. The first-order chi connectivity index (χ1) is 8.22. The van der Waals surface area contributed by atoms with E-state index in [4.69, 9.17) is 4.98 Å². The van der Waals surface area contributed by atoms with Crippen molar-refractivity contribution in [3.05, 3.63) is 17.2 Å². The quantitative estimate of drug-likeness (QED) is 0.754. The molecule has 0 aliphatic heterocycles. The summed E-state index contributed by atoms with van der Waals surface area (Å²) in [4.78, 5) is 4.73. The van der Waals surface area contributed by atoms with Gasteiger partial charge in [-0.1, -0.05) is 22.9 Å². The molecule has 0 fully saturated rings. The highest BCUT2D eigenvalue weighted by molar-refractivity contribution is 9.09. The van der Waals surface area contributed by atoms with Gasteiger partial charge in [0.15, 0.2) is 0 Å². The smallest absolute Gasteiger partial charge is 0.106 e. The topological polar surface area (TPSA) is 17.8 Å². The summed E-state index contributed by atoms with van der Waals surface area (Å²) in [6.07, 6.45) is 7.65. The maximum Gasteiger partial charge on any atom is 0.106 e. The lowest BCUT2D eigenvalue weighted by atomic mass is 10.0. The van der Waals surface area contributed by atoms with Gasteiger partial charge in [0, 0.05) is 17.6 Å². The number of alkyl halides is 1. The first-order valence-electron chi connectivity index (χ1n) is 6.83. The van der Waals surface area contributed by atoms with Gasteiger partial charge in [0.1, 0.15) is 5.82 Å². The number of hydrogen-bond acceptors (Lipinski definition) is 1. The predicted molar refractivity (Wildman–Crippen MR) is 75.8 cm³/mol. The van der Waals surface area contributed by atoms with E-state index >= 15 is 0 Å². The zero-order valence-corrected chi connectivity index (χ0v) is 12.6. The molecule has 1 aromatic rings. The molecular formula is C14H23BrN2. The third-order valence-electron chi connectivity index (χ3n) is 3.87. The third kappa shape index (κ3) is 3.12. The molecule has 0 aromatic carbocycles. The Bertz CT molecular complexity index is 371. The van der Waals surface area contributed by atoms with Gasteiger partial charge < -0.3 is 4.57 Å². The summed E-state index contributed by atoms with van der Waals surface area (Å²) >= 11 is 3.52. The Morgan fingerprint density at radius 1 is 1.29 bits per heavy atom. The van der Waals surface area contributed by atoms with Gasteiger partial charge in [-0.3, -0.25) is 0 Å². The Balaban J connectivity index is 2.02. The predicted octanol–water partition coefficient (Wildman–Crippen LogP) is 3.88. The molecule has 1 heterocycles. The number of halogens is 1. The highest BCUT2D eigenvalue weighted by Gasteiger charge is 2.17. The lowest BCUT2D eigenvalue weighted by Gasteiger charge is -2.16. The molecule has 1 aliphatic carbocycles. The molecule has 3 heteroatoms. The summed E-state index contributed by atoms with van der Waals surface area (Å²) in [6, 6.07) is 0. The molecule has 1 unspecified atom stereocenters. The molecule has 1 aromatic heterocycles. The van der Waals surface area contributed by atoms with E-state index in [9.17, 15) is 0 Å². The Labute approximate surface area is 113 Å². The van der Waals surface area contributed by atoms with Crippen LogP contribution in [0.1, 0.15) is 49.8 Å². The second-order valence-corrected chi connectivity index (χ2v) is 6.08. The van der Waals surface area contributed by atoms with Crippen molar-refractivity contribution in [2.75, 3.05) is 5.33 Å². The van der Waals surface area contributed by atoms with Crippen LogP contribution in [0.5, 0.6) is 0 Å². The average molecular weight is 299 g/mol. The van der Waals surface area contributed by atoms with Crippen LogP contribution in [0.15, 0.2) is 0 Å². The molecule has 1 aliphatic rings. The highest BCUT2D eigenvalue weighted by Crippen LogP contribution is 2.23. The molecule has 0 bridgehead atoms. The summed E-state index contributed by atoms with van der Waals surface area (Å²) in [6.45, 7) is 5.66. The van der Waals surface area contributed by atoms with Crippen molar-refractivity contribution in [1.29, 1.82) is 0 Å². The minimum atomic E-state index is 0.801. The summed E-state index contributed by atoms with van der Waals surface area (Å²) in [5.41, 5.74) is 2.90. The molecular weight excluding hydrogens is 276 g/mol. The Morgan fingerprint density at radius 3 is 2.82 bits per heavy atom. The van der Waals surface area contributed by atoms with Crippen molar-refractivity contribution in [3.8, 4) is 0 Å². The number of aryl methyl sites for hydroxylation is 2. The van der Waals surface area contributed by atoms with Crippen molar-refractivity contribution in [2.24, 2.45) is 5.92 Å². The fourth-order valence-electron chi connectivity index (χ4n) is 2.71. The summed E-state index contributed by atoms with van der Waals surface area (Å²) in [5.74, 6) is 2.03. The zero-order chi connectivity index (χ0) is 12.3. The van der Waals surface area contributed by atoms with Gasteiger partial charge in [-0.15, -0.1) is 0 Å². The molecule has 96 valence electrons. The zero-order valence-electron chi connectivity index (χ0n) is 11.0. The number of hydrogen-bond donors (Lipinski definition) is 0. The van der Waals surface area contributed by atoms with Crippen LogP contribution in [0.4, 0.5) is 0 Å². The van der Waals surface area contributed by atoms with E-state index in [1.165, 1.54) is 55.7 Å². The van der Waals surface area contributed by atoms with E-state index < -0.39 is 0 Å². The monoisotopic (exact) mass is 298 g/mol. The van der Waals surface area contributed by atoms with E-state index in [2.05, 4.69) is 34.3 Å². The number of rotatable bonds is 5. The van der Waals surface area contributed by atoms with Crippen LogP contribution in [0.3, 0.4) is 0 Å². The van der Waals surface area contributed by atoms with Gasteiger partial charge >= 0.3 is 0 Å². The summed E-state index contributed by atoms with van der Waals surface area (Å²) in [5, 5.41) is 1.12. The molecule has 0 radical (unpaired) electrons. The first kappa shape index (κ1) is 13.1. The van der Waals surface area contributed by atoms with Gasteiger partial charge in [-0.05, 0) is 51.4 Å². The van der Waals surface area contributed by atoms with E-state index in [0.29, 0.717) is 0 Å². The van der Waals surface area contributed by atoms with Crippen LogP contribution in [0.2, 0.25) is 0 Å². The molecule has 17 heavy (non-hydrogen) atoms. The molecule has 0 saturated heterocycles. The van der Waals surface area contributed by atoms with Crippen LogP contribution in [-0.2, 0) is 19.4 Å². The van der Waals surface area contributed by atoms with Gasteiger partial charge in [-0.25, -0.2) is 4.98 Å². The minimum Gasteiger partial charge on any atom is -0.332 e.